The minimum Gasteiger partial charge on any atom is -0.507 e. The van der Waals surface area contributed by atoms with Crippen LogP contribution in [0.1, 0.15) is 94.1 Å². The number of hydrogen-bond donors (Lipinski definition) is 4. The Morgan fingerprint density at radius 2 is 1.64 bits per heavy atom. The number of benzene rings is 1. The summed E-state index contributed by atoms with van der Waals surface area (Å²) in [6.07, 6.45) is 14.9. The van der Waals surface area contributed by atoms with Crippen molar-refractivity contribution < 1.29 is 29.3 Å². The van der Waals surface area contributed by atoms with E-state index in [0.29, 0.717) is 19.4 Å². The van der Waals surface area contributed by atoms with Gasteiger partial charge in [-0.05, 0) is 25.5 Å². The van der Waals surface area contributed by atoms with E-state index in [2.05, 4.69) is 22.2 Å². The number of unbranched alkanes of at least 4 members (excludes halogenated alkanes) is 8. The zero-order valence-corrected chi connectivity index (χ0v) is 21.5. The first-order valence-electron chi connectivity index (χ1n) is 12.8. The van der Waals surface area contributed by atoms with Gasteiger partial charge in [-0.1, -0.05) is 70.4 Å². The van der Waals surface area contributed by atoms with Crippen LogP contribution in [0, 0.1) is 0 Å². The molecule has 0 saturated heterocycles. The minimum absolute atomic E-state index is 0.0671. The number of carbonyl (C=O) groups is 3. The van der Waals surface area contributed by atoms with Gasteiger partial charge in [-0.15, -0.1) is 0 Å². The van der Waals surface area contributed by atoms with Gasteiger partial charge in [0.25, 0.3) is 0 Å². The van der Waals surface area contributed by atoms with Crippen molar-refractivity contribution in [3.63, 3.8) is 0 Å². The van der Waals surface area contributed by atoms with E-state index in [1.54, 1.807) is 31.6 Å². The number of esters is 1. The summed E-state index contributed by atoms with van der Waals surface area (Å²) >= 11 is 0. The molecule has 2 rings (SSSR count). The van der Waals surface area contributed by atoms with Gasteiger partial charge in [0.1, 0.15) is 17.4 Å². The molecule has 0 radical (unpaired) electrons. The number of para-hydroxylation sites is 1. The fourth-order valence-electron chi connectivity index (χ4n) is 3.57. The van der Waals surface area contributed by atoms with Crippen LogP contribution in [0.5, 0.6) is 5.75 Å². The van der Waals surface area contributed by atoms with Crippen LogP contribution in [0.3, 0.4) is 0 Å². The van der Waals surface area contributed by atoms with E-state index in [9.17, 15) is 14.4 Å². The molecule has 0 unspecified atom stereocenters. The monoisotopic (exact) mass is 503 g/mol. The van der Waals surface area contributed by atoms with E-state index in [1.165, 1.54) is 57.1 Å². The lowest BCUT2D eigenvalue weighted by Gasteiger charge is -2.16. The summed E-state index contributed by atoms with van der Waals surface area (Å²) < 4.78 is 5.06. The van der Waals surface area contributed by atoms with Crippen molar-refractivity contribution in [1.82, 2.24) is 15.3 Å². The molecule has 9 nitrogen and oxygen atoms in total. The fraction of sp³-hybridized carbons (Fsp3) is 0.556. The highest BCUT2D eigenvalue weighted by molar-refractivity contribution is 5.90. The molecule has 0 aliphatic rings. The van der Waals surface area contributed by atoms with Gasteiger partial charge >= 0.3 is 11.9 Å². The molecule has 1 amide bonds. The number of aromatic nitrogens is 2. The normalized spacial score (nSPS) is 11.2. The van der Waals surface area contributed by atoms with E-state index in [-0.39, 0.29) is 17.2 Å². The molecule has 9 heteroatoms. The summed E-state index contributed by atoms with van der Waals surface area (Å²) in [6.45, 7) is 4.29. The average molecular weight is 504 g/mol. The first-order chi connectivity index (χ1) is 17.4. The van der Waals surface area contributed by atoms with Crippen molar-refractivity contribution >= 4 is 17.8 Å². The third-order valence-corrected chi connectivity index (χ3v) is 5.53. The maximum Gasteiger partial charge on any atom is 0.339 e. The number of hydrogen-bond acceptors (Lipinski definition) is 6. The molecule has 36 heavy (non-hydrogen) atoms. The molecule has 200 valence electrons. The van der Waals surface area contributed by atoms with Crippen molar-refractivity contribution in [1.29, 1.82) is 0 Å². The zero-order chi connectivity index (χ0) is 26.6. The number of aromatic carboxylic acids is 1. The highest BCUT2D eigenvalue weighted by Crippen LogP contribution is 2.14. The SMILES string of the molecule is CCCCCCCCCCCC(=O)N[C@@H](Cc1cnc[nH]1)C(=O)OCC.O=C(O)c1ccccc1O. The number of carbonyl (C=O) groups excluding carboxylic acids is 2. The van der Waals surface area contributed by atoms with Crippen molar-refractivity contribution in [2.75, 3.05) is 6.61 Å². The number of nitrogens with zero attached hydrogens (tertiary/aromatic N) is 1. The van der Waals surface area contributed by atoms with Gasteiger partial charge in [0.2, 0.25) is 5.91 Å². The van der Waals surface area contributed by atoms with Crippen LogP contribution in [-0.4, -0.2) is 50.7 Å². The van der Waals surface area contributed by atoms with Crippen molar-refractivity contribution in [2.45, 2.75) is 90.5 Å². The fourth-order valence-corrected chi connectivity index (χ4v) is 3.57. The van der Waals surface area contributed by atoms with Gasteiger partial charge in [-0.2, -0.15) is 0 Å². The summed E-state index contributed by atoms with van der Waals surface area (Å²) in [5.74, 6) is -1.80. The number of carboxylic acids is 1. The Labute approximate surface area is 213 Å². The summed E-state index contributed by atoms with van der Waals surface area (Å²) in [6, 6.07) is 5.15. The molecule has 0 aliphatic heterocycles. The standard InChI is InChI=1S/C20H35N3O3.C7H6O3/c1-3-5-6-7-8-9-10-11-12-13-19(24)23-18(20(25)26-4-2)14-17-15-21-16-22-17;8-6-4-2-1-3-5(6)7(9)10/h15-16,18H,3-14H2,1-2H3,(H,21,22)(H,23,24);1-4,8H,(H,9,10)/t18-;/m0./s1. The average Bonchev–Trinajstić information content (AvgIpc) is 3.36. The molecule has 1 aromatic heterocycles. The molecule has 0 aliphatic carbocycles. The first-order valence-corrected chi connectivity index (χ1v) is 12.8. The second kappa shape index (κ2) is 18.9. The van der Waals surface area contributed by atoms with E-state index in [0.717, 1.165) is 18.5 Å². The summed E-state index contributed by atoms with van der Waals surface area (Å²) in [5.41, 5.74) is 0.730. The Kier molecular flexibility index (Phi) is 16.1. The number of H-pyrrole nitrogens is 1. The van der Waals surface area contributed by atoms with Crippen LogP contribution in [0.25, 0.3) is 0 Å². The number of phenols is 1. The Morgan fingerprint density at radius 3 is 2.17 bits per heavy atom. The molecular formula is C27H41N3O6. The number of carboxylic acid groups (broad SMARTS) is 1. The second-order valence-corrected chi connectivity index (χ2v) is 8.55. The summed E-state index contributed by atoms with van der Waals surface area (Å²) in [7, 11) is 0. The molecule has 1 atom stereocenters. The maximum atomic E-state index is 12.2. The van der Waals surface area contributed by atoms with Gasteiger partial charge in [0, 0.05) is 24.7 Å². The van der Waals surface area contributed by atoms with Crippen LogP contribution in [0.2, 0.25) is 0 Å². The zero-order valence-electron chi connectivity index (χ0n) is 21.5. The molecule has 0 fully saturated rings. The molecule has 0 bridgehead atoms. The lowest BCUT2D eigenvalue weighted by Crippen LogP contribution is -2.43. The second-order valence-electron chi connectivity index (χ2n) is 8.55. The largest absolute Gasteiger partial charge is 0.507 e. The smallest absolute Gasteiger partial charge is 0.339 e. The van der Waals surface area contributed by atoms with Crippen LogP contribution in [0.4, 0.5) is 0 Å². The van der Waals surface area contributed by atoms with E-state index < -0.39 is 18.0 Å². The number of ether oxygens (including phenoxy) is 1. The highest BCUT2D eigenvalue weighted by atomic mass is 16.5. The number of aromatic amines is 1. The van der Waals surface area contributed by atoms with E-state index >= 15 is 0 Å². The van der Waals surface area contributed by atoms with Gasteiger partial charge in [0.15, 0.2) is 0 Å². The number of aromatic hydroxyl groups is 1. The van der Waals surface area contributed by atoms with E-state index in [1.807, 2.05) is 0 Å². The van der Waals surface area contributed by atoms with Gasteiger partial charge in [-0.25, -0.2) is 14.6 Å². The van der Waals surface area contributed by atoms with E-state index in [4.69, 9.17) is 14.9 Å². The lowest BCUT2D eigenvalue weighted by molar-refractivity contribution is -0.147. The number of rotatable bonds is 16. The van der Waals surface area contributed by atoms with Crippen LogP contribution in [0.15, 0.2) is 36.8 Å². The van der Waals surface area contributed by atoms with Gasteiger partial charge in [-0.3, -0.25) is 4.79 Å². The quantitative estimate of drug-likeness (QED) is 0.186. The molecular weight excluding hydrogens is 462 g/mol. The molecule has 2 aromatic rings. The predicted octanol–water partition coefficient (Wildman–Crippen LogP) is 5.01. The van der Waals surface area contributed by atoms with Crippen molar-refractivity contribution in [2.24, 2.45) is 0 Å². The number of amides is 1. The third kappa shape index (κ3) is 13.5. The molecule has 1 aromatic carbocycles. The minimum atomic E-state index is -1.11. The van der Waals surface area contributed by atoms with Crippen molar-refractivity contribution in [3.05, 3.63) is 48.0 Å². The molecule has 0 saturated carbocycles. The topological polar surface area (TPSA) is 142 Å². The van der Waals surface area contributed by atoms with Gasteiger partial charge in [0.05, 0.1) is 12.9 Å². The number of imidazole rings is 1. The Bertz CT molecular complexity index is 885. The van der Waals surface area contributed by atoms with Gasteiger partial charge < -0.3 is 25.3 Å². The Balaban J connectivity index is 0.000000537. The Morgan fingerprint density at radius 1 is 1.00 bits per heavy atom. The van der Waals surface area contributed by atoms with Crippen molar-refractivity contribution in [3.8, 4) is 5.75 Å². The summed E-state index contributed by atoms with van der Waals surface area (Å²) in [4.78, 5) is 41.4. The lowest BCUT2D eigenvalue weighted by atomic mass is 10.1. The number of nitrogens with one attached hydrogen (secondary N) is 2. The molecule has 4 N–H and O–H groups in total. The first kappa shape index (κ1) is 30.7. The maximum absolute atomic E-state index is 12.2. The van der Waals surface area contributed by atoms with Crippen LogP contribution in [-0.2, 0) is 20.7 Å². The highest BCUT2D eigenvalue weighted by Gasteiger charge is 2.22. The molecule has 1 heterocycles. The summed E-state index contributed by atoms with van der Waals surface area (Å²) in [5, 5.41) is 20.1. The van der Waals surface area contributed by atoms with Crippen LogP contribution >= 0.6 is 0 Å². The molecule has 0 spiro atoms. The van der Waals surface area contributed by atoms with Crippen LogP contribution < -0.4 is 5.32 Å². The third-order valence-electron chi connectivity index (χ3n) is 5.53. The Hall–Kier alpha value is -3.36. The predicted molar refractivity (Wildman–Crippen MR) is 138 cm³/mol.